The van der Waals surface area contributed by atoms with Crippen molar-refractivity contribution in [2.45, 2.75) is 25.8 Å². The quantitative estimate of drug-likeness (QED) is 0.794. The number of fused-ring (bicyclic) bond motifs is 1. The van der Waals surface area contributed by atoms with E-state index in [1.807, 2.05) is 30.3 Å². The van der Waals surface area contributed by atoms with Gasteiger partial charge in [0.2, 0.25) is 0 Å². The second-order valence-electron chi connectivity index (χ2n) is 5.85. The Morgan fingerprint density at radius 3 is 2.65 bits per heavy atom. The normalized spacial score (nSPS) is 15.2. The summed E-state index contributed by atoms with van der Waals surface area (Å²) in [4.78, 5) is 14.4. The number of piperidine rings is 1. The second-order valence-corrected chi connectivity index (χ2v) is 5.85. The van der Waals surface area contributed by atoms with Gasteiger partial charge in [-0.25, -0.2) is 9.78 Å². The summed E-state index contributed by atoms with van der Waals surface area (Å²) < 4.78 is 1.65. The van der Waals surface area contributed by atoms with E-state index >= 15 is 0 Å². The number of nitrogens with zero attached hydrogens (tertiary/aromatic N) is 5. The monoisotopic (exact) mass is 310 g/mol. The van der Waals surface area contributed by atoms with Gasteiger partial charge in [0.15, 0.2) is 16.9 Å². The molecule has 3 aromatic rings. The molecule has 0 radical (unpaired) electrons. The van der Waals surface area contributed by atoms with Crippen molar-refractivity contribution in [3.63, 3.8) is 0 Å². The van der Waals surface area contributed by atoms with Gasteiger partial charge in [-0.1, -0.05) is 35.5 Å². The molecule has 0 unspecified atom stereocenters. The van der Waals surface area contributed by atoms with Gasteiger partial charge in [0.1, 0.15) is 0 Å². The summed E-state index contributed by atoms with van der Waals surface area (Å²) in [7, 11) is 0. The maximum Gasteiger partial charge on any atom is 0.292 e. The molecule has 118 valence electrons. The molecule has 0 bridgehead atoms. The number of benzene rings is 1. The Kier molecular flexibility index (Phi) is 3.53. The molecule has 3 heterocycles. The first kappa shape index (κ1) is 13.9. The topological polar surface area (TPSA) is 79.7 Å². The summed E-state index contributed by atoms with van der Waals surface area (Å²) in [6, 6.07) is 9.93. The SMILES string of the molecule is O=c1[nH]nc(N2CCCCC2)c2nnn(Cc3ccccc3)c12. The third kappa shape index (κ3) is 2.58. The number of hydrogen-bond donors (Lipinski definition) is 1. The zero-order valence-corrected chi connectivity index (χ0v) is 12.8. The highest BCUT2D eigenvalue weighted by molar-refractivity contribution is 5.84. The van der Waals surface area contributed by atoms with Crippen molar-refractivity contribution >= 4 is 16.9 Å². The van der Waals surface area contributed by atoms with Crippen LogP contribution in [0.4, 0.5) is 5.82 Å². The Labute approximate surface area is 132 Å². The summed E-state index contributed by atoms with van der Waals surface area (Å²) in [5.74, 6) is 0.735. The van der Waals surface area contributed by atoms with Gasteiger partial charge in [0.05, 0.1) is 6.54 Å². The maximum absolute atomic E-state index is 12.2. The Morgan fingerprint density at radius 2 is 1.87 bits per heavy atom. The molecule has 0 spiro atoms. The summed E-state index contributed by atoms with van der Waals surface area (Å²) in [5, 5.41) is 15.3. The van der Waals surface area contributed by atoms with E-state index in [2.05, 4.69) is 25.4 Å². The molecular formula is C16H18N6O. The third-order valence-electron chi connectivity index (χ3n) is 4.26. The minimum absolute atomic E-state index is 0.248. The first-order chi connectivity index (χ1) is 11.3. The van der Waals surface area contributed by atoms with E-state index in [1.54, 1.807) is 4.68 Å². The molecule has 7 nitrogen and oxygen atoms in total. The van der Waals surface area contributed by atoms with E-state index in [4.69, 9.17) is 0 Å². The van der Waals surface area contributed by atoms with Crippen molar-refractivity contribution in [3.05, 3.63) is 46.2 Å². The van der Waals surface area contributed by atoms with Crippen molar-refractivity contribution in [3.8, 4) is 0 Å². The predicted molar refractivity (Wildman–Crippen MR) is 87.6 cm³/mol. The molecule has 1 aromatic carbocycles. The molecule has 1 aliphatic rings. The molecule has 0 amide bonds. The number of nitrogens with one attached hydrogen (secondary N) is 1. The van der Waals surface area contributed by atoms with Crippen LogP contribution < -0.4 is 10.5 Å². The number of H-pyrrole nitrogens is 1. The number of rotatable bonds is 3. The smallest absolute Gasteiger partial charge is 0.292 e. The number of aromatic amines is 1. The molecule has 4 rings (SSSR count). The minimum Gasteiger partial charge on any atom is -0.353 e. The molecule has 1 aliphatic heterocycles. The van der Waals surface area contributed by atoms with E-state index in [1.165, 1.54) is 6.42 Å². The average Bonchev–Trinajstić information content (AvgIpc) is 3.02. The lowest BCUT2D eigenvalue weighted by molar-refractivity contribution is 0.572. The van der Waals surface area contributed by atoms with Crippen molar-refractivity contribution in [2.75, 3.05) is 18.0 Å². The van der Waals surface area contributed by atoms with Crippen LogP contribution in [0, 0.1) is 0 Å². The fourth-order valence-corrected chi connectivity index (χ4v) is 3.09. The van der Waals surface area contributed by atoms with Crippen LogP contribution >= 0.6 is 0 Å². The van der Waals surface area contributed by atoms with Gasteiger partial charge in [-0.2, -0.15) is 5.10 Å². The third-order valence-corrected chi connectivity index (χ3v) is 4.26. The van der Waals surface area contributed by atoms with Gasteiger partial charge < -0.3 is 4.90 Å². The minimum atomic E-state index is -0.248. The number of anilines is 1. The second kappa shape index (κ2) is 5.83. The average molecular weight is 310 g/mol. The van der Waals surface area contributed by atoms with Crippen molar-refractivity contribution in [1.29, 1.82) is 0 Å². The molecule has 0 saturated carbocycles. The summed E-state index contributed by atoms with van der Waals surface area (Å²) >= 11 is 0. The fourth-order valence-electron chi connectivity index (χ4n) is 3.09. The van der Waals surface area contributed by atoms with Gasteiger partial charge in [0, 0.05) is 13.1 Å². The van der Waals surface area contributed by atoms with Crippen LogP contribution in [0.2, 0.25) is 0 Å². The van der Waals surface area contributed by atoms with E-state index in [-0.39, 0.29) is 5.56 Å². The van der Waals surface area contributed by atoms with Crippen molar-refractivity contribution in [1.82, 2.24) is 25.2 Å². The van der Waals surface area contributed by atoms with Crippen LogP contribution in [-0.4, -0.2) is 38.3 Å². The van der Waals surface area contributed by atoms with E-state index in [0.29, 0.717) is 17.6 Å². The van der Waals surface area contributed by atoms with Crippen LogP contribution in [0.3, 0.4) is 0 Å². The van der Waals surface area contributed by atoms with Crippen molar-refractivity contribution < 1.29 is 0 Å². The van der Waals surface area contributed by atoms with Gasteiger partial charge >= 0.3 is 0 Å². The number of hydrogen-bond acceptors (Lipinski definition) is 5. The van der Waals surface area contributed by atoms with Gasteiger partial charge in [-0.15, -0.1) is 5.10 Å². The van der Waals surface area contributed by atoms with Crippen LogP contribution in [0.15, 0.2) is 35.1 Å². The first-order valence-corrected chi connectivity index (χ1v) is 7.94. The first-order valence-electron chi connectivity index (χ1n) is 7.94. The molecule has 23 heavy (non-hydrogen) atoms. The van der Waals surface area contributed by atoms with Crippen LogP contribution in [-0.2, 0) is 6.54 Å². The largest absolute Gasteiger partial charge is 0.353 e. The molecule has 0 atom stereocenters. The highest BCUT2D eigenvalue weighted by Gasteiger charge is 2.20. The Morgan fingerprint density at radius 1 is 1.09 bits per heavy atom. The molecule has 1 fully saturated rings. The highest BCUT2D eigenvalue weighted by atomic mass is 16.1. The number of aromatic nitrogens is 5. The van der Waals surface area contributed by atoms with E-state index in [0.717, 1.165) is 37.3 Å². The lowest BCUT2D eigenvalue weighted by Crippen LogP contribution is -2.31. The molecular weight excluding hydrogens is 292 g/mol. The van der Waals surface area contributed by atoms with Crippen LogP contribution in [0.25, 0.3) is 11.0 Å². The summed E-state index contributed by atoms with van der Waals surface area (Å²) in [6.07, 6.45) is 3.52. The molecule has 7 heteroatoms. The van der Waals surface area contributed by atoms with Gasteiger partial charge in [0.25, 0.3) is 5.56 Å². The van der Waals surface area contributed by atoms with E-state index < -0.39 is 0 Å². The lowest BCUT2D eigenvalue weighted by atomic mass is 10.1. The molecule has 0 aliphatic carbocycles. The van der Waals surface area contributed by atoms with E-state index in [9.17, 15) is 4.79 Å². The Hall–Kier alpha value is -2.70. The zero-order chi connectivity index (χ0) is 15.6. The Balaban J connectivity index is 1.77. The summed E-state index contributed by atoms with van der Waals surface area (Å²) in [6.45, 7) is 2.41. The highest BCUT2D eigenvalue weighted by Crippen LogP contribution is 2.22. The Bertz CT molecular complexity index is 863. The van der Waals surface area contributed by atoms with Gasteiger partial charge in [-0.3, -0.25) is 4.79 Å². The molecule has 1 saturated heterocycles. The lowest BCUT2D eigenvalue weighted by Gasteiger charge is -2.27. The fraction of sp³-hybridized carbons (Fsp3) is 0.375. The van der Waals surface area contributed by atoms with Gasteiger partial charge in [-0.05, 0) is 24.8 Å². The maximum atomic E-state index is 12.2. The molecule has 2 aromatic heterocycles. The zero-order valence-electron chi connectivity index (χ0n) is 12.8. The van der Waals surface area contributed by atoms with Crippen LogP contribution in [0.5, 0.6) is 0 Å². The van der Waals surface area contributed by atoms with Crippen molar-refractivity contribution in [2.24, 2.45) is 0 Å². The predicted octanol–water partition coefficient (Wildman–Crippen LogP) is 1.55. The summed E-state index contributed by atoms with van der Waals surface area (Å²) in [5.41, 5.74) is 1.91. The van der Waals surface area contributed by atoms with Crippen LogP contribution in [0.1, 0.15) is 24.8 Å². The standard InChI is InChI=1S/C16H18N6O/c23-16-14-13(15(18-19-16)21-9-5-2-6-10-21)17-20-22(14)11-12-7-3-1-4-8-12/h1,3-4,7-8H,2,5-6,9-11H2,(H,19,23). The molecule has 1 N–H and O–H groups in total.